The number of halogens is 1. The van der Waals surface area contributed by atoms with Crippen LogP contribution < -0.4 is 17.2 Å². The number of carboxylic acid groups (broad SMARTS) is 1. The van der Waals surface area contributed by atoms with Gasteiger partial charge < -0.3 is 22.3 Å². The van der Waals surface area contributed by atoms with Gasteiger partial charge in [-0.25, -0.2) is 14.2 Å². The van der Waals surface area contributed by atoms with Gasteiger partial charge in [0.2, 0.25) is 5.96 Å². The van der Waals surface area contributed by atoms with Crippen molar-refractivity contribution in [3.63, 3.8) is 0 Å². The number of carbonyl (C=O) groups is 1. The Bertz CT molecular complexity index is 549. The van der Waals surface area contributed by atoms with Crippen LogP contribution in [0.3, 0.4) is 0 Å². The lowest BCUT2D eigenvalue weighted by atomic mass is 10.1. The Kier molecular flexibility index (Phi) is 3.82. The molecule has 1 aromatic carbocycles. The third-order valence-electron chi connectivity index (χ3n) is 2.04. The van der Waals surface area contributed by atoms with E-state index in [1.54, 1.807) is 0 Å². The molecule has 0 saturated heterocycles. The minimum atomic E-state index is -1.27. The predicted octanol–water partition coefficient (Wildman–Crippen LogP) is 0.0519. The Morgan fingerprint density at radius 3 is 2.44 bits per heavy atom. The molecule has 0 radical (unpaired) electrons. The minimum absolute atomic E-state index is 0.0508. The highest BCUT2D eigenvalue weighted by Crippen LogP contribution is 2.23. The molecule has 0 aliphatic rings. The molecule has 0 unspecified atom stereocenters. The van der Waals surface area contributed by atoms with Crippen LogP contribution in [0.25, 0.3) is 0 Å². The van der Waals surface area contributed by atoms with E-state index in [-0.39, 0.29) is 28.7 Å². The fourth-order valence-electron chi connectivity index (χ4n) is 1.18. The van der Waals surface area contributed by atoms with Crippen molar-refractivity contribution >= 4 is 23.6 Å². The summed E-state index contributed by atoms with van der Waals surface area (Å²) in [6.45, 7) is 1.43. The van der Waals surface area contributed by atoms with Gasteiger partial charge in [0.25, 0.3) is 0 Å². The second-order valence-corrected chi connectivity index (χ2v) is 3.41. The van der Waals surface area contributed by atoms with Gasteiger partial charge in [-0.05, 0) is 19.1 Å². The smallest absolute Gasteiger partial charge is 0.335 e. The molecule has 7 nitrogen and oxygen atoms in total. The molecular weight excluding hydrogens is 241 g/mol. The summed E-state index contributed by atoms with van der Waals surface area (Å²) < 4.78 is 13.5. The molecule has 0 bridgehead atoms. The zero-order chi connectivity index (χ0) is 13.9. The molecule has 0 amide bonds. The van der Waals surface area contributed by atoms with E-state index >= 15 is 0 Å². The lowest BCUT2D eigenvalue weighted by Gasteiger charge is -2.04. The van der Waals surface area contributed by atoms with Gasteiger partial charge in [0.05, 0.1) is 11.3 Å². The fraction of sp³-hybridized carbons (Fsp3) is 0.100. The van der Waals surface area contributed by atoms with Crippen molar-refractivity contribution in [2.75, 3.05) is 0 Å². The van der Waals surface area contributed by atoms with Crippen LogP contribution in [-0.4, -0.2) is 23.0 Å². The van der Waals surface area contributed by atoms with Gasteiger partial charge in [-0.15, -0.1) is 0 Å². The number of carboxylic acids is 1. The monoisotopic (exact) mass is 253 g/mol. The molecule has 0 aliphatic carbocycles. The zero-order valence-electron chi connectivity index (χ0n) is 9.51. The third kappa shape index (κ3) is 3.17. The van der Waals surface area contributed by atoms with E-state index in [0.717, 1.165) is 6.07 Å². The highest BCUT2D eigenvalue weighted by Gasteiger charge is 2.11. The molecule has 0 heterocycles. The molecule has 7 N–H and O–H groups in total. The van der Waals surface area contributed by atoms with Crippen LogP contribution in [0, 0.1) is 12.7 Å². The largest absolute Gasteiger partial charge is 0.478 e. The molecule has 0 aromatic heterocycles. The van der Waals surface area contributed by atoms with Crippen molar-refractivity contribution in [1.29, 1.82) is 0 Å². The molecule has 18 heavy (non-hydrogen) atoms. The molecule has 96 valence electrons. The van der Waals surface area contributed by atoms with Crippen LogP contribution in [0.4, 0.5) is 10.1 Å². The number of aromatic carboxylic acids is 1. The van der Waals surface area contributed by atoms with Gasteiger partial charge in [0.1, 0.15) is 5.82 Å². The molecule has 0 spiro atoms. The topological polar surface area (TPSA) is 140 Å². The number of nitrogens with zero attached hydrogens (tertiary/aromatic N) is 2. The van der Waals surface area contributed by atoms with E-state index in [2.05, 4.69) is 9.98 Å². The normalized spacial score (nSPS) is 11.1. The summed E-state index contributed by atoms with van der Waals surface area (Å²) >= 11 is 0. The first-order chi connectivity index (χ1) is 8.31. The van der Waals surface area contributed by atoms with Crippen molar-refractivity contribution in [3.05, 3.63) is 29.1 Å². The number of rotatable bonds is 2. The summed E-state index contributed by atoms with van der Waals surface area (Å²) in [6, 6.07) is 2.07. The number of hydrogen-bond donors (Lipinski definition) is 4. The Balaban J connectivity index is 3.32. The average Bonchev–Trinajstić information content (AvgIpc) is 2.22. The average molecular weight is 253 g/mol. The van der Waals surface area contributed by atoms with Crippen molar-refractivity contribution in [2.24, 2.45) is 27.2 Å². The first kappa shape index (κ1) is 13.4. The standard InChI is InChI=1S/C10H12FN5O2/c1-4-6(11)2-5(8(17)18)3-7(4)15-10(14)16-9(12)13/h2-3H,1H3,(H,17,18)(H6,12,13,14,15,16). The Labute approximate surface area is 102 Å². The summed E-state index contributed by atoms with van der Waals surface area (Å²) in [4.78, 5) is 18.0. The Morgan fingerprint density at radius 1 is 1.33 bits per heavy atom. The number of aliphatic imine (C=N–C) groups is 2. The SMILES string of the molecule is Cc1c(F)cc(C(=O)O)cc1N=C(N)N=C(N)N. The quantitative estimate of drug-likeness (QED) is 0.435. The molecular formula is C10H12FN5O2. The van der Waals surface area contributed by atoms with Crippen LogP contribution in [-0.2, 0) is 0 Å². The first-order valence-electron chi connectivity index (χ1n) is 4.78. The van der Waals surface area contributed by atoms with E-state index in [1.165, 1.54) is 13.0 Å². The van der Waals surface area contributed by atoms with Crippen LogP contribution in [0.5, 0.6) is 0 Å². The Hall–Kier alpha value is -2.64. The van der Waals surface area contributed by atoms with E-state index in [4.69, 9.17) is 22.3 Å². The summed E-state index contributed by atoms with van der Waals surface area (Å²) in [5.41, 5.74) is 15.5. The van der Waals surface area contributed by atoms with E-state index in [0.29, 0.717) is 0 Å². The predicted molar refractivity (Wildman–Crippen MR) is 65.2 cm³/mol. The Morgan fingerprint density at radius 2 is 1.94 bits per heavy atom. The summed E-state index contributed by atoms with van der Waals surface area (Å²) in [7, 11) is 0. The maximum absolute atomic E-state index is 13.5. The molecule has 1 aromatic rings. The fourth-order valence-corrected chi connectivity index (χ4v) is 1.18. The van der Waals surface area contributed by atoms with Gasteiger partial charge in [0.15, 0.2) is 5.96 Å². The van der Waals surface area contributed by atoms with Crippen LogP contribution in [0.15, 0.2) is 22.1 Å². The minimum Gasteiger partial charge on any atom is -0.478 e. The molecule has 1 rings (SSSR count). The maximum atomic E-state index is 13.5. The van der Waals surface area contributed by atoms with E-state index in [1.807, 2.05) is 0 Å². The second-order valence-electron chi connectivity index (χ2n) is 3.41. The highest BCUT2D eigenvalue weighted by atomic mass is 19.1. The summed E-state index contributed by atoms with van der Waals surface area (Å²) in [5, 5.41) is 8.79. The highest BCUT2D eigenvalue weighted by molar-refractivity contribution is 5.94. The summed E-state index contributed by atoms with van der Waals surface area (Å²) in [5.74, 6) is -2.57. The number of nitrogens with two attached hydrogens (primary N) is 3. The van der Waals surface area contributed by atoms with Crippen LogP contribution in [0.1, 0.15) is 15.9 Å². The van der Waals surface area contributed by atoms with E-state index in [9.17, 15) is 9.18 Å². The van der Waals surface area contributed by atoms with Crippen molar-refractivity contribution in [3.8, 4) is 0 Å². The van der Waals surface area contributed by atoms with Crippen molar-refractivity contribution < 1.29 is 14.3 Å². The van der Waals surface area contributed by atoms with Gasteiger partial charge in [-0.2, -0.15) is 4.99 Å². The summed E-state index contributed by atoms with van der Waals surface area (Å²) in [6.07, 6.45) is 0. The number of guanidine groups is 2. The van der Waals surface area contributed by atoms with Crippen LogP contribution in [0.2, 0.25) is 0 Å². The van der Waals surface area contributed by atoms with Gasteiger partial charge in [-0.3, -0.25) is 0 Å². The molecule has 8 heteroatoms. The number of hydrogen-bond acceptors (Lipinski definition) is 2. The van der Waals surface area contributed by atoms with E-state index < -0.39 is 11.8 Å². The molecule has 0 fully saturated rings. The zero-order valence-corrected chi connectivity index (χ0v) is 9.51. The van der Waals surface area contributed by atoms with Gasteiger partial charge in [-0.1, -0.05) is 0 Å². The lowest BCUT2D eigenvalue weighted by Crippen LogP contribution is -2.26. The third-order valence-corrected chi connectivity index (χ3v) is 2.04. The van der Waals surface area contributed by atoms with Crippen LogP contribution >= 0.6 is 0 Å². The lowest BCUT2D eigenvalue weighted by molar-refractivity contribution is 0.0696. The molecule has 0 saturated carbocycles. The van der Waals surface area contributed by atoms with Gasteiger partial charge in [0, 0.05) is 5.56 Å². The number of benzene rings is 1. The van der Waals surface area contributed by atoms with Crippen molar-refractivity contribution in [1.82, 2.24) is 0 Å². The first-order valence-corrected chi connectivity index (χ1v) is 4.78. The molecule has 0 aliphatic heterocycles. The molecule has 0 atom stereocenters. The maximum Gasteiger partial charge on any atom is 0.335 e. The van der Waals surface area contributed by atoms with Crippen molar-refractivity contribution in [2.45, 2.75) is 6.92 Å². The second kappa shape index (κ2) is 5.13. The van der Waals surface area contributed by atoms with Gasteiger partial charge >= 0.3 is 5.97 Å².